The average Bonchev–Trinajstić information content (AvgIpc) is 2.33. The minimum absolute atomic E-state index is 0.149. The number of sulfonamides is 1. The highest BCUT2D eigenvalue weighted by Gasteiger charge is 2.15. The molecule has 3 N–H and O–H groups in total. The van der Waals surface area contributed by atoms with Crippen molar-refractivity contribution in [2.75, 3.05) is 12.8 Å². The smallest absolute Gasteiger partial charge is 0.251 e. The van der Waals surface area contributed by atoms with Gasteiger partial charge in [-0.05, 0) is 25.1 Å². The Morgan fingerprint density at radius 2 is 2.05 bits per heavy atom. The molecule has 1 rings (SSSR count). The summed E-state index contributed by atoms with van der Waals surface area (Å²) >= 11 is 3.13. The van der Waals surface area contributed by atoms with Gasteiger partial charge in [-0.3, -0.25) is 9.00 Å². The number of carbonyl (C=O) groups excluding carboxylic acids is 1. The molecule has 0 radical (unpaired) electrons. The third kappa shape index (κ3) is 4.97. The summed E-state index contributed by atoms with van der Waals surface area (Å²) in [6.07, 6.45) is 1.55. The Hall–Kier alpha value is -0.770. The lowest BCUT2D eigenvalue weighted by Gasteiger charge is -2.11. The molecule has 0 saturated heterocycles. The van der Waals surface area contributed by atoms with Crippen LogP contribution in [0.4, 0.5) is 0 Å². The van der Waals surface area contributed by atoms with Crippen LogP contribution in [-0.4, -0.2) is 36.6 Å². The lowest BCUT2D eigenvalue weighted by molar-refractivity contribution is 0.0954. The molecule has 9 heteroatoms. The molecule has 0 aromatic heterocycles. The molecule has 1 amide bonds. The van der Waals surface area contributed by atoms with Crippen molar-refractivity contribution in [2.45, 2.75) is 17.1 Å². The van der Waals surface area contributed by atoms with Gasteiger partial charge >= 0.3 is 0 Å². The fourth-order valence-corrected chi connectivity index (χ4v) is 2.86. The minimum Gasteiger partial charge on any atom is -0.351 e. The molecule has 0 aliphatic carbocycles. The summed E-state index contributed by atoms with van der Waals surface area (Å²) in [6.45, 7) is 1.98. The molecule has 0 saturated carbocycles. The Morgan fingerprint density at radius 1 is 1.45 bits per heavy atom. The summed E-state index contributed by atoms with van der Waals surface area (Å²) in [5, 5.41) is 7.44. The number of benzene rings is 1. The van der Waals surface area contributed by atoms with E-state index in [-0.39, 0.29) is 22.3 Å². The van der Waals surface area contributed by atoms with Crippen LogP contribution in [-0.2, 0) is 20.8 Å². The van der Waals surface area contributed by atoms with E-state index in [0.29, 0.717) is 4.47 Å². The Labute approximate surface area is 128 Å². The molecule has 0 heterocycles. The van der Waals surface area contributed by atoms with Crippen LogP contribution in [0.3, 0.4) is 0 Å². The zero-order valence-corrected chi connectivity index (χ0v) is 14.1. The first kappa shape index (κ1) is 17.3. The number of hydrogen-bond donors (Lipinski definition) is 2. The maximum atomic E-state index is 11.9. The van der Waals surface area contributed by atoms with E-state index in [4.69, 9.17) is 5.14 Å². The molecule has 0 aliphatic heterocycles. The molecule has 0 spiro atoms. The van der Waals surface area contributed by atoms with Crippen molar-refractivity contribution in [3.8, 4) is 0 Å². The average molecular weight is 383 g/mol. The lowest BCUT2D eigenvalue weighted by atomic mass is 10.2. The lowest BCUT2D eigenvalue weighted by Crippen LogP contribution is -2.32. The third-order valence-corrected chi connectivity index (χ3v) is 5.23. The van der Waals surface area contributed by atoms with Crippen molar-refractivity contribution in [2.24, 2.45) is 5.14 Å². The summed E-state index contributed by atoms with van der Waals surface area (Å²) < 4.78 is 34.2. The molecule has 2 unspecified atom stereocenters. The highest BCUT2D eigenvalue weighted by atomic mass is 79.9. The van der Waals surface area contributed by atoms with Crippen molar-refractivity contribution in [3.05, 3.63) is 28.2 Å². The van der Waals surface area contributed by atoms with Crippen LogP contribution in [0.5, 0.6) is 0 Å². The van der Waals surface area contributed by atoms with Crippen molar-refractivity contribution in [3.63, 3.8) is 0 Å². The Balaban J connectivity index is 2.94. The summed E-state index contributed by atoms with van der Waals surface area (Å²) in [7, 11) is -4.93. The third-order valence-electron chi connectivity index (χ3n) is 2.58. The number of amides is 1. The number of nitrogens with two attached hydrogens (primary N) is 1. The molecule has 0 fully saturated rings. The van der Waals surface area contributed by atoms with Gasteiger partial charge in [-0.2, -0.15) is 0 Å². The number of carbonyl (C=O) groups is 1. The quantitative estimate of drug-likeness (QED) is 0.776. The summed E-state index contributed by atoms with van der Waals surface area (Å²) in [4.78, 5) is 11.8. The van der Waals surface area contributed by atoms with Gasteiger partial charge < -0.3 is 5.32 Å². The van der Waals surface area contributed by atoms with E-state index in [1.807, 2.05) is 0 Å². The highest BCUT2D eigenvalue weighted by Crippen LogP contribution is 2.18. The van der Waals surface area contributed by atoms with Crippen LogP contribution in [0.15, 0.2) is 27.6 Å². The molecule has 1 aromatic carbocycles. The fourth-order valence-electron chi connectivity index (χ4n) is 1.31. The van der Waals surface area contributed by atoms with Crippen molar-refractivity contribution in [1.82, 2.24) is 5.32 Å². The molecule has 0 bridgehead atoms. The normalized spacial score (nSPS) is 14.6. The Bertz CT molecular complexity index is 646. The number of halogens is 1. The van der Waals surface area contributed by atoms with Gasteiger partial charge in [0.2, 0.25) is 10.0 Å². The van der Waals surface area contributed by atoms with Crippen LogP contribution < -0.4 is 10.5 Å². The highest BCUT2D eigenvalue weighted by molar-refractivity contribution is 9.10. The molecule has 20 heavy (non-hydrogen) atoms. The zero-order chi connectivity index (χ0) is 15.5. The van der Waals surface area contributed by atoms with E-state index in [2.05, 4.69) is 21.2 Å². The molecular weight excluding hydrogens is 368 g/mol. The standard InChI is InChI=1S/C11H15BrN2O4S2/c1-7(19(2)16)6-14-11(15)8-3-9(12)5-10(4-8)20(13,17)18/h3-5,7H,6H2,1-2H3,(H,14,15)(H2,13,17,18). The zero-order valence-electron chi connectivity index (χ0n) is 10.9. The van der Waals surface area contributed by atoms with Gasteiger partial charge in [-0.25, -0.2) is 13.6 Å². The summed E-state index contributed by atoms with van der Waals surface area (Å²) in [5.41, 5.74) is 0.164. The first-order valence-electron chi connectivity index (χ1n) is 5.55. The fraction of sp³-hybridized carbons (Fsp3) is 0.364. The predicted octanol–water partition coefficient (Wildman–Crippen LogP) is 0.593. The molecule has 0 aliphatic rings. The number of hydrogen-bond acceptors (Lipinski definition) is 4. The molecule has 1 aromatic rings. The second kappa shape index (κ2) is 6.79. The molecule has 2 atom stereocenters. The summed E-state index contributed by atoms with van der Waals surface area (Å²) in [5.74, 6) is -0.450. The van der Waals surface area contributed by atoms with E-state index in [0.717, 1.165) is 0 Å². The van der Waals surface area contributed by atoms with Gasteiger partial charge in [0.15, 0.2) is 0 Å². The van der Waals surface area contributed by atoms with E-state index in [1.165, 1.54) is 18.2 Å². The number of primary sulfonamides is 1. The molecule has 6 nitrogen and oxygen atoms in total. The van der Waals surface area contributed by atoms with Crippen molar-refractivity contribution in [1.29, 1.82) is 0 Å². The number of rotatable bonds is 5. The monoisotopic (exact) mass is 382 g/mol. The van der Waals surface area contributed by atoms with Gasteiger partial charge in [0, 0.05) is 38.9 Å². The van der Waals surface area contributed by atoms with Gasteiger partial charge in [-0.1, -0.05) is 15.9 Å². The molecule has 112 valence electrons. The second-order valence-corrected chi connectivity index (χ2v) is 8.52. The van der Waals surface area contributed by atoms with Crippen molar-refractivity contribution < 1.29 is 17.4 Å². The van der Waals surface area contributed by atoms with E-state index >= 15 is 0 Å². The van der Waals surface area contributed by atoms with E-state index in [1.54, 1.807) is 13.2 Å². The van der Waals surface area contributed by atoms with Crippen LogP contribution in [0.1, 0.15) is 17.3 Å². The van der Waals surface area contributed by atoms with Gasteiger partial charge in [0.25, 0.3) is 5.91 Å². The first-order valence-corrected chi connectivity index (χ1v) is 9.51. The topological polar surface area (TPSA) is 106 Å². The van der Waals surface area contributed by atoms with E-state index < -0.39 is 26.7 Å². The number of nitrogens with one attached hydrogen (secondary N) is 1. The SMILES string of the molecule is CC(CNC(=O)c1cc(Br)cc(S(N)(=O)=O)c1)S(C)=O. The van der Waals surface area contributed by atoms with Gasteiger partial charge in [0.1, 0.15) is 0 Å². The predicted molar refractivity (Wildman–Crippen MR) is 81.4 cm³/mol. The molecular formula is C11H15BrN2O4S2. The summed E-state index contributed by atoms with van der Waals surface area (Å²) in [6, 6.07) is 4.00. The van der Waals surface area contributed by atoms with Crippen LogP contribution >= 0.6 is 15.9 Å². The van der Waals surface area contributed by atoms with E-state index in [9.17, 15) is 17.4 Å². The second-order valence-electron chi connectivity index (χ2n) is 4.24. The van der Waals surface area contributed by atoms with Gasteiger partial charge in [-0.15, -0.1) is 0 Å². The maximum absolute atomic E-state index is 11.9. The Morgan fingerprint density at radius 3 is 2.55 bits per heavy atom. The van der Waals surface area contributed by atoms with Crippen LogP contribution in [0.2, 0.25) is 0 Å². The van der Waals surface area contributed by atoms with Crippen LogP contribution in [0, 0.1) is 0 Å². The van der Waals surface area contributed by atoms with Crippen molar-refractivity contribution >= 4 is 42.7 Å². The minimum atomic E-state index is -3.88. The Kier molecular flexibility index (Phi) is 5.87. The maximum Gasteiger partial charge on any atom is 0.251 e. The van der Waals surface area contributed by atoms with Gasteiger partial charge in [0.05, 0.1) is 4.90 Å². The largest absolute Gasteiger partial charge is 0.351 e. The first-order chi connectivity index (χ1) is 9.11. The van der Waals surface area contributed by atoms with Crippen LogP contribution in [0.25, 0.3) is 0 Å².